The third-order valence-electron chi connectivity index (χ3n) is 3.47. The molecule has 2 aromatic carbocycles. The summed E-state index contributed by atoms with van der Waals surface area (Å²) >= 11 is 0. The summed E-state index contributed by atoms with van der Waals surface area (Å²) in [7, 11) is 0. The van der Waals surface area contributed by atoms with Gasteiger partial charge in [0.05, 0.1) is 0 Å². The molecule has 2 amide bonds. The Morgan fingerprint density at radius 2 is 1.64 bits per heavy atom. The van der Waals surface area contributed by atoms with E-state index in [1.54, 1.807) is 29.2 Å². The van der Waals surface area contributed by atoms with Gasteiger partial charge in [-0.15, -0.1) is 0 Å². The maximum Gasteiger partial charge on any atom is 0.254 e. The topological polar surface area (TPSA) is 63.4 Å². The molecule has 0 unspecified atom stereocenters. The molecule has 114 valence electrons. The number of carbonyl (C=O) groups excluding carboxylic acids is 2. The highest BCUT2D eigenvalue weighted by Gasteiger charge is 2.19. The van der Waals surface area contributed by atoms with Crippen LogP contribution in [0.15, 0.2) is 54.6 Å². The van der Waals surface area contributed by atoms with Gasteiger partial charge in [0.25, 0.3) is 5.91 Å². The van der Waals surface area contributed by atoms with Gasteiger partial charge in [-0.05, 0) is 37.6 Å². The molecule has 0 spiro atoms. The minimum Gasteiger partial charge on any atom is -0.366 e. The Hall–Kier alpha value is -2.62. The van der Waals surface area contributed by atoms with Gasteiger partial charge in [0.2, 0.25) is 5.91 Å². The van der Waals surface area contributed by atoms with Crippen molar-refractivity contribution in [1.82, 2.24) is 4.90 Å². The molecule has 2 aromatic rings. The summed E-state index contributed by atoms with van der Waals surface area (Å²) < 4.78 is 0. The first kappa shape index (κ1) is 15.8. The van der Waals surface area contributed by atoms with E-state index in [1.165, 1.54) is 0 Å². The van der Waals surface area contributed by atoms with Gasteiger partial charge in [-0.2, -0.15) is 0 Å². The molecule has 0 fully saturated rings. The van der Waals surface area contributed by atoms with Crippen molar-refractivity contribution in [3.63, 3.8) is 0 Å². The molecule has 0 atom stereocenters. The molecule has 0 radical (unpaired) electrons. The number of primary amides is 1. The van der Waals surface area contributed by atoms with E-state index in [2.05, 4.69) is 0 Å². The molecule has 2 rings (SSSR count). The van der Waals surface area contributed by atoms with E-state index in [0.717, 1.165) is 5.56 Å². The molecule has 0 saturated carbocycles. The Kier molecular flexibility index (Phi) is 4.94. The molecule has 22 heavy (non-hydrogen) atoms. The molecule has 0 aliphatic carbocycles. The van der Waals surface area contributed by atoms with Crippen LogP contribution in [0.2, 0.25) is 0 Å². The summed E-state index contributed by atoms with van der Waals surface area (Å²) in [4.78, 5) is 25.8. The zero-order valence-corrected chi connectivity index (χ0v) is 12.8. The number of hydrogen-bond acceptors (Lipinski definition) is 2. The van der Waals surface area contributed by atoms with E-state index in [0.29, 0.717) is 17.7 Å². The fourth-order valence-electron chi connectivity index (χ4n) is 2.24. The molecule has 0 bridgehead atoms. The second kappa shape index (κ2) is 6.89. The van der Waals surface area contributed by atoms with E-state index in [1.807, 2.05) is 44.2 Å². The van der Waals surface area contributed by atoms with Gasteiger partial charge in [-0.3, -0.25) is 9.59 Å². The van der Waals surface area contributed by atoms with Crippen molar-refractivity contribution in [3.05, 3.63) is 71.3 Å². The van der Waals surface area contributed by atoms with Crippen LogP contribution in [0.25, 0.3) is 0 Å². The maximum absolute atomic E-state index is 12.7. The molecular weight excluding hydrogens is 276 g/mol. The monoisotopic (exact) mass is 296 g/mol. The van der Waals surface area contributed by atoms with E-state index in [-0.39, 0.29) is 11.9 Å². The molecule has 4 heteroatoms. The Bertz CT molecular complexity index is 666. The average Bonchev–Trinajstić information content (AvgIpc) is 2.53. The minimum atomic E-state index is -0.534. The molecule has 0 aromatic heterocycles. The summed E-state index contributed by atoms with van der Waals surface area (Å²) in [6.45, 7) is 4.47. The van der Waals surface area contributed by atoms with Gasteiger partial charge < -0.3 is 10.6 Å². The lowest BCUT2D eigenvalue weighted by Gasteiger charge is -2.27. The number of carbonyl (C=O) groups is 2. The number of amides is 2. The quantitative estimate of drug-likeness (QED) is 0.922. The third kappa shape index (κ3) is 3.73. The van der Waals surface area contributed by atoms with Crippen LogP contribution in [0.1, 0.15) is 40.1 Å². The third-order valence-corrected chi connectivity index (χ3v) is 3.47. The van der Waals surface area contributed by atoms with Gasteiger partial charge >= 0.3 is 0 Å². The molecule has 2 N–H and O–H groups in total. The SMILES string of the molecule is CC(C)N(Cc1ccccc1)C(=O)c1cccc(C(N)=O)c1. The van der Waals surface area contributed by atoms with Crippen molar-refractivity contribution in [2.24, 2.45) is 5.73 Å². The molecular formula is C18H20N2O2. The first-order valence-electron chi connectivity index (χ1n) is 7.24. The number of hydrogen-bond donors (Lipinski definition) is 1. The zero-order chi connectivity index (χ0) is 16.1. The lowest BCUT2D eigenvalue weighted by molar-refractivity contribution is 0.0690. The van der Waals surface area contributed by atoms with Crippen LogP contribution in [-0.2, 0) is 6.54 Å². The average molecular weight is 296 g/mol. The van der Waals surface area contributed by atoms with Crippen molar-refractivity contribution in [1.29, 1.82) is 0 Å². The second-order valence-electron chi connectivity index (χ2n) is 5.46. The van der Waals surface area contributed by atoms with Gasteiger partial charge in [-0.1, -0.05) is 36.4 Å². The number of rotatable bonds is 5. The number of benzene rings is 2. The van der Waals surface area contributed by atoms with Crippen molar-refractivity contribution >= 4 is 11.8 Å². The molecule has 0 aliphatic rings. The fraction of sp³-hybridized carbons (Fsp3) is 0.222. The number of nitrogens with two attached hydrogens (primary N) is 1. The Labute approximate surface area is 130 Å². The standard InChI is InChI=1S/C18H20N2O2/c1-13(2)20(12-14-7-4-3-5-8-14)18(22)16-10-6-9-15(11-16)17(19)21/h3-11,13H,12H2,1-2H3,(H2,19,21). The van der Waals surface area contributed by atoms with Crippen molar-refractivity contribution in [3.8, 4) is 0 Å². The zero-order valence-electron chi connectivity index (χ0n) is 12.8. The van der Waals surface area contributed by atoms with E-state index < -0.39 is 5.91 Å². The van der Waals surface area contributed by atoms with E-state index in [4.69, 9.17) is 5.73 Å². The van der Waals surface area contributed by atoms with Crippen LogP contribution in [0.4, 0.5) is 0 Å². The van der Waals surface area contributed by atoms with Crippen molar-refractivity contribution in [2.75, 3.05) is 0 Å². The number of nitrogens with zero attached hydrogens (tertiary/aromatic N) is 1. The minimum absolute atomic E-state index is 0.0462. The Balaban J connectivity index is 2.27. The smallest absolute Gasteiger partial charge is 0.254 e. The summed E-state index contributed by atoms with van der Waals surface area (Å²) in [6, 6.07) is 16.4. The second-order valence-corrected chi connectivity index (χ2v) is 5.46. The fourth-order valence-corrected chi connectivity index (χ4v) is 2.24. The Morgan fingerprint density at radius 1 is 1.00 bits per heavy atom. The maximum atomic E-state index is 12.7. The summed E-state index contributed by atoms with van der Waals surface area (Å²) in [5, 5.41) is 0. The van der Waals surface area contributed by atoms with Crippen LogP contribution in [0.5, 0.6) is 0 Å². The predicted octanol–water partition coefficient (Wildman–Crippen LogP) is 2.84. The lowest BCUT2D eigenvalue weighted by Crippen LogP contribution is -2.36. The summed E-state index contributed by atoms with van der Waals surface area (Å²) in [5.41, 5.74) is 7.16. The van der Waals surface area contributed by atoms with Crippen LogP contribution in [0.3, 0.4) is 0 Å². The van der Waals surface area contributed by atoms with Gasteiger partial charge in [0.1, 0.15) is 0 Å². The highest BCUT2D eigenvalue weighted by molar-refractivity contribution is 5.99. The highest BCUT2D eigenvalue weighted by Crippen LogP contribution is 2.14. The normalized spacial score (nSPS) is 10.5. The Morgan fingerprint density at radius 3 is 2.23 bits per heavy atom. The van der Waals surface area contributed by atoms with Gasteiger partial charge in [0.15, 0.2) is 0 Å². The highest BCUT2D eigenvalue weighted by atomic mass is 16.2. The first-order valence-corrected chi connectivity index (χ1v) is 7.24. The predicted molar refractivity (Wildman–Crippen MR) is 86.4 cm³/mol. The van der Waals surface area contributed by atoms with E-state index >= 15 is 0 Å². The van der Waals surface area contributed by atoms with Gasteiger partial charge in [-0.25, -0.2) is 0 Å². The molecule has 0 aliphatic heterocycles. The van der Waals surface area contributed by atoms with E-state index in [9.17, 15) is 9.59 Å². The molecule has 0 heterocycles. The van der Waals surface area contributed by atoms with Crippen LogP contribution in [-0.4, -0.2) is 22.8 Å². The first-order chi connectivity index (χ1) is 10.5. The van der Waals surface area contributed by atoms with Gasteiger partial charge in [0, 0.05) is 23.7 Å². The lowest BCUT2D eigenvalue weighted by atomic mass is 10.1. The van der Waals surface area contributed by atoms with Crippen molar-refractivity contribution in [2.45, 2.75) is 26.4 Å². The van der Waals surface area contributed by atoms with Crippen molar-refractivity contribution < 1.29 is 9.59 Å². The molecule has 0 saturated heterocycles. The summed E-state index contributed by atoms with van der Waals surface area (Å²) in [5.74, 6) is -0.643. The van der Waals surface area contributed by atoms with Crippen LogP contribution in [0, 0.1) is 0 Å². The van der Waals surface area contributed by atoms with Crippen LogP contribution < -0.4 is 5.73 Å². The van der Waals surface area contributed by atoms with Crippen LogP contribution >= 0.6 is 0 Å². The molecule has 4 nitrogen and oxygen atoms in total. The largest absolute Gasteiger partial charge is 0.366 e. The summed E-state index contributed by atoms with van der Waals surface area (Å²) in [6.07, 6.45) is 0.